The highest BCUT2D eigenvalue weighted by atomic mass is 32.2. The summed E-state index contributed by atoms with van der Waals surface area (Å²) in [6, 6.07) is 13.8. The van der Waals surface area contributed by atoms with Crippen LogP contribution in [-0.4, -0.2) is 29.2 Å². The number of imide groups is 1. The Morgan fingerprint density at radius 3 is 2.48 bits per heavy atom. The van der Waals surface area contributed by atoms with E-state index in [0.717, 1.165) is 35.7 Å². The lowest BCUT2D eigenvalue weighted by molar-refractivity contribution is -0.123. The van der Waals surface area contributed by atoms with Gasteiger partial charge in [0.25, 0.3) is 11.1 Å². The van der Waals surface area contributed by atoms with Crippen molar-refractivity contribution in [3.8, 4) is 11.5 Å². The number of thioether (sulfide) groups is 1. The fourth-order valence-corrected chi connectivity index (χ4v) is 5.13. The first-order valence-electron chi connectivity index (χ1n) is 11.7. The second-order valence-electron chi connectivity index (χ2n) is 8.71. The minimum atomic E-state index is -0.187. The molecule has 1 saturated heterocycles. The van der Waals surface area contributed by atoms with Crippen molar-refractivity contribution >= 4 is 29.0 Å². The van der Waals surface area contributed by atoms with Crippen LogP contribution in [0.2, 0.25) is 0 Å². The van der Waals surface area contributed by atoms with E-state index in [2.05, 4.69) is 19.1 Å². The molecule has 0 spiro atoms. The largest absolute Gasteiger partial charge is 0.490 e. The molecule has 1 saturated carbocycles. The van der Waals surface area contributed by atoms with Gasteiger partial charge in [-0.15, -0.1) is 0 Å². The summed E-state index contributed by atoms with van der Waals surface area (Å²) in [5.41, 5.74) is 3.10. The van der Waals surface area contributed by atoms with Crippen molar-refractivity contribution < 1.29 is 19.1 Å². The summed E-state index contributed by atoms with van der Waals surface area (Å²) in [5, 5.41) is -0.167. The van der Waals surface area contributed by atoms with Gasteiger partial charge in [-0.1, -0.05) is 55.2 Å². The normalized spacial score (nSPS) is 18.2. The first-order valence-corrected chi connectivity index (χ1v) is 12.6. The zero-order chi connectivity index (χ0) is 23.2. The standard InChI is InChI=1S/C27H31NO4S/c1-3-31-24-15-22(13-14-23(24)32-18-21-11-9-19(2)10-12-21)16-25-26(29)28(27(30)33-25)17-20-7-5-4-6-8-20/h9-16,20H,3-8,17-18H2,1-2H3/b25-16+. The minimum Gasteiger partial charge on any atom is -0.490 e. The van der Waals surface area contributed by atoms with Crippen LogP contribution in [0.15, 0.2) is 47.4 Å². The quantitative estimate of drug-likeness (QED) is 0.412. The van der Waals surface area contributed by atoms with Gasteiger partial charge in [0.05, 0.1) is 11.5 Å². The molecule has 0 radical (unpaired) electrons. The first-order chi connectivity index (χ1) is 16.0. The van der Waals surface area contributed by atoms with E-state index in [9.17, 15) is 9.59 Å². The summed E-state index contributed by atoms with van der Waals surface area (Å²) in [4.78, 5) is 27.3. The van der Waals surface area contributed by atoms with Gasteiger partial charge in [0, 0.05) is 6.54 Å². The molecule has 1 heterocycles. The number of rotatable bonds is 8. The topological polar surface area (TPSA) is 55.8 Å². The van der Waals surface area contributed by atoms with Crippen molar-refractivity contribution in [2.45, 2.75) is 52.6 Å². The van der Waals surface area contributed by atoms with Gasteiger partial charge in [0.1, 0.15) is 6.61 Å². The van der Waals surface area contributed by atoms with Crippen molar-refractivity contribution in [2.75, 3.05) is 13.2 Å². The molecule has 5 nitrogen and oxygen atoms in total. The van der Waals surface area contributed by atoms with Crippen molar-refractivity contribution in [1.82, 2.24) is 4.90 Å². The molecule has 0 unspecified atom stereocenters. The number of amides is 2. The molecular weight excluding hydrogens is 434 g/mol. The molecule has 1 aliphatic heterocycles. The lowest BCUT2D eigenvalue weighted by atomic mass is 9.89. The fourth-order valence-electron chi connectivity index (χ4n) is 4.28. The number of nitrogens with zero attached hydrogens (tertiary/aromatic N) is 1. The molecule has 2 aliphatic rings. The Morgan fingerprint density at radius 1 is 1.00 bits per heavy atom. The highest BCUT2D eigenvalue weighted by Gasteiger charge is 2.36. The molecule has 2 aromatic carbocycles. The van der Waals surface area contributed by atoms with Crippen LogP contribution in [-0.2, 0) is 11.4 Å². The molecule has 174 valence electrons. The molecule has 0 atom stereocenters. The van der Waals surface area contributed by atoms with Crippen molar-refractivity contribution in [1.29, 1.82) is 0 Å². The molecular formula is C27H31NO4S. The highest BCUT2D eigenvalue weighted by molar-refractivity contribution is 8.18. The maximum Gasteiger partial charge on any atom is 0.293 e. The van der Waals surface area contributed by atoms with Crippen molar-refractivity contribution in [3.05, 3.63) is 64.1 Å². The number of carbonyl (C=O) groups is 2. The van der Waals surface area contributed by atoms with Gasteiger partial charge in [-0.25, -0.2) is 0 Å². The summed E-state index contributed by atoms with van der Waals surface area (Å²) in [7, 11) is 0. The van der Waals surface area contributed by atoms with E-state index in [1.54, 1.807) is 6.08 Å². The Labute approximate surface area is 200 Å². The number of aryl methyl sites for hydroxylation is 1. The van der Waals surface area contributed by atoms with Gasteiger partial charge in [-0.3, -0.25) is 14.5 Å². The predicted octanol–water partition coefficient (Wildman–Crippen LogP) is 6.59. The van der Waals surface area contributed by atoms with Gasteiger partial charge in [-0.05, 0) is 73.7 Å². The maximum atomic E-state index is 12.9. The second-order valence-corrected chi connectivity index (χ2v) is 9.70. The number of ether oxygens (including phenoxy) is 2. The van der Waals surface area contributed by atoms with E-state index in [1.807, 2.05) is 37.3 Å². The van der Waals surface area contributed by atoms with Gasteiger partial charge >= 0.3 is 0 Å². The van der Waals surface area contributed by atoms with Crippen LogP contribution in [0, 0.1) is 12.8 Å². The van der Waals surface area contributed by atoms with Crippen LogP contribution >= 0.6 is 11.8 Å². The Bertz CT molecular complexity index is 1020. The van der Waals surface area contributed by atoms with Gasteiger partial charge < -0.3 is 9.47 Å². The maximum absolute atomic E-state index is 12.9. The van der Waals surface area contributed by atoms with Crippen LogP contribution in [0.4, 0.5) is 4.79 Å². The summed E-state index contributed by atoms with van der Waals surface area (Å²) < 4.78 is 11.8. The van der Waals surface area contributed by atoms with E-state index in [1.165, 1.54) is 29.7 Å². The zero-order valence-corrected chi connectivity index (χ0v) is 20.2. The third-order valence-electron chi connectivity index (χ3n) is 6.12. The molecule has 0 bridgehead atoms. The third-order valence-corrected chi connectivity index (χ3v) is 7.03. The van der Waals surface area contributed by atoms with Gasteiger partial charge in [-0.2, -0.15) is 0 Å². The zero-order valence-electron chi connectivity index (χ0n) is 19.3. The number of benzene rings is 2. The van der Waals surface area contributed by atoms with Crippen LogP contribution < -0.4 is 9.47 Å². The molecule has 1 aliphatic carbocycles. The molecule has 2 aromatic rings. The van der Waals surface area contributed by atoms with Gasteiger partial charge in [0.2, 0.25) is 0 Å². The average Bonchev–Trinajstić information content (AvgIpc) is 3.08. The van der Waals surface area contributed by atoms with Crippen LogP contribution in [0.5, 0.6) is 11.5 Å². The molecule has 6 heteroatoms. The van der Waals surface area contributed by atoms with Crippen LogP contribution in [0.25, 0.3) is 6.08 Å². The Morgan fingerprint density at radius 2 is 1.76 bits per heavy atom. The lowest BCUT2D eigenvalue weighted by Crippen LogP contribution is -2.34. The smallest absolute Gasteiger partial charge is 0.293 e. The minimum absolute atomic E-state index is 0.167. The summed E-state index contributed by atoms with van der Waals surface area (Å²) in [5.74, 6) is 1.52. The predicted molar refractivity (Wildman–Crippen MR) is 132 cm³/mol. The van der Waals surface area contributed by atoms with E-state index in [-0.39, 0.29) is 11.1 Å². The molecule has 0 aromatic heterocycles. The fraction of sp³-hybridized carbons (Fsp3) is 0.407. The van der Waals surface area contributed by atoms with Crippen LogP contribution in [0.3, 0.4) is 0 Å². The van der Waals surface area contributed by atoms with E-state index < -0.39 is 0 Å². The van der Waals surface area contributed by atoms with E-state index in [0.29, 0.717) is 42.1 Å². The Hall–Kier alpha value is -2.73. The van der Waals surface area contributed by atoms with Gasteiger partial charge in [0.15, 0.2) is 11.5 Å². The lowest BCUT2D eigenvalue weighted by Gasteiger charge is -2.25. The third kappa shape index (κ3) is 5.99. The monoisotopic (exact) mass is 465 g/mol. The van der Waals surface area contributed by atoms with E-state index in [4.69, 9.17) is 9.47 Å². The number of hydrogen-bond donors (Lipinski definition) is 0. The SMILES string of the molecule is CCOc1cc(/C=C2/SC(=O)N(CC3CCCCC3)C2=O)ccc1OCc1ccc(C)cc1. The average molecular weight is 466 g/mol. The summed E-state index contributed by atoms with van der Waals surface area (Å²) in [6.07, 6.45) is 7.61. The molecule has 0 N–H and O–H groups in total. The molecule has 2 fully saturated rings. The number of hydrogen-bond acceptors (Lipinski definition) is 5. The number of carbonyl (C=O) groups excluding carboxylic acids is 2. The Balaban J connectivity index is 1.46. The second kappa shape index (κ2) is 10.9. The summed E-state index contributed by atoms with van der Waals surface area (Å²) in [6.45, 7) is 5.47. The molecule has 4 rings (SSSR count). The first kappa shape index (κ1) is 23.4. The molecule has 2 amide bonds. The van der Waals surface area contributed by atoms with Crippen molar-refractivity contribution in [2.24, 2.45) is 5.92 Å². The van der Waals surface area contributed by atoms with Crippen LogP contribution in [0.1, 0.15) is 55.7 Å². The molecule has 33 heavy (non-hydrogen) atoms. The summed E-state index contributed by atoms with van der Waals surface area (Å²) >= 11 is 1.02. The van der Waals surface area contributed by atoms with E-state index >= 15 is 0 Å². The Kier molecular flexibility index (Phi) is 7.76. The van der Waals surface area contributed by atoms with Crippen molar-refractivity contribution in [3.63, 3.8) is 0 Å². The highest BCUT2D eigenvalue weighted by Crippen LogP contribution is 2.36.